The number of hydrazine groups is 1. The summed E-state index contributed by atoms with van der Waals surface area (Å²) in [6.45, 7) is 4.39. The summed E-state index contributed by atoms with van der Waals surface area (Å²) in [5, 5.41) is 0. The summed E-state index contributed by atoms with van der Waals surface area (Å²) in [6.07, 6.45) is 0.529. The lowest BCUT2D eigenvalue weighted by atomic mass is 10.0. The van der Waals surface area contributed by atoms with Gasteiger partial charge in [0.05, 0.1) is 6.04 Å². The van der Waals surface area contributed by atoms with Crippen LogP contribution in [0, 0.1) is 5.92 Å². The maximum Gasteiger partial charge on any atom is 0.368 e. The minimum atomic E-state index is -0.679. The van der Waals surface area contributed by atoms with Crippen LogP contribution in [0.3, 0.4) is 0 Å². The van der Waals surface area contributed by atoms with Gasteiger partial charge in [0.25, 0.3) is 5.91 Å². The van der Waals surface area contributed by atoms with Crippen molar-refractivity contribution in [3.8, 4) is 16.2 Å². The van der Waals surface area contributed by atoms with Gasteiger partial charge in [-0.1, -0.05) is 61.9 Å². The van der Waals surface area contributed by atoms with E-state index in [2.05, 4.69) is 11.0 Å². The molecular weight excluding hydrogens is 426 g/mol. The van der Waals surface area contributed by atoms with Crippen LogP contribution < -0.4 is 21.5 Å². The number of nitrogens with one attached hydrogen (secondary N) is 2. The van der Waals surface area contributed by atoms with E-state index in [1.54, 1.807) is 6.07 Å². The van der Waals surface area contributed by atoms with Crippen LogP contribution in [0.5, 0.6) is 5.75 Å². The van der Waals surface area contributed by atoms with E-state index in [0.717, 1.165) is 21.8 Å². The van der Waals surface area contributed by atoms with Crippen molar-refractivity contribution >= 4 is 23.2 Å². The van der Waals surface area contributed by atoms with Crippen molar-refractivity contribution in [3.05, 3.63) is 77.2 Å². The molecule has 32 heavy (non-hydrogen) atoms. The number of carbonyl (C=O) groups excluding carboxylic acids is 2. The minimum absolute atomic E-state index is 0.280. The molecule has 0 unspecified atom stereocenters. The molecule has 8 heteroatoms. The normalized spacial score (nSPS) is 11.8. The standard InChI is InChI=1S/C24H27N3O4S/c1-16(2)14-19(25)23(28)26-27-31-24(29)22-13-12-21(32-22)18-10-6-7-11-20(18)30-15-17-8-4-3-5-9-17/h3-13,16,19,27H,14-15,25H2,1-2H3,(H,26,28)/t19-/m0/s1. The zero-order valence-electron chi connectivity index (χ0n) is 18.0. The second-order valence-electron chi connectivity index (χ2n) is 7.65. The maximum atomic E-state index is 12.3. The van der Waals surface area contributed by atoms with Crippen molar-refractivity contribution in [1.82, 2.24) is 11.0 Å². The van der Waals surface area contributed by atoms with Gasteiger partial charge in [0.1, 0.15) is 17.2 Å². The van der Waals surface area contributed by atoms with E-state index in [0.29, 0.717) is 17.9 Å². The van der Waals surface area contributed by atoms with Crippen molar-refractivity contribution in [2.75, 3.05) is 0 Å². The van der Waals surface area contributed by atoms with E-state index in [4.69, 9.17) is 15.3 Å². The van der Waals surface area contributed by atoms with Crippen LogP contribution in [0.15, 0.2) is 66.7 Å². The molecule has 3 aromatic rings. The first-order chi connectivity index (χ1) is 15.4. The highest BCUT2D eigenvalue weighted by atomic mass is 32.1. The van der Waals surface area contributed by atoms with Gasteiger partial charge in [-0.3, -0.25) is 10.2 Å². The smallest absolute Gasteiger partial charge is 0.368 e. The predicted molar refractivity (Wildman–Crippen MR) is 125 cm³/mol. The van der Waals surface area contributed by atoms with E-state index < -0.39 is 17.9 Å². The molecule has 1 aromatic heterocycles. The first-order valence-electron chi connectivity index (χ1n) is 10.3. The molecule has 0 aliphatic heterocycles. The van der Waals surface area contributed by atoms with Crippen LogP contribution >= 0.6 is 11.3 Å². The van der Waals surface area contributed by atoms with Crippen LogP contribution in [-0.2, 0) is 16.2 Å². The van der Waals surface area contributed by atoms with E-state index in [9.17, 15) is 9.59 Å². The number of amides is 1. The average Bonchev–Trinajstić information content (AvgIpc) is 3.28. The van der Waals surface area contributed by atoms with Crippen LogP contribution in [-0.4, -0.2) is 17.9 Å². The van der Waals surface area contributed by atoms with Crippen molar-refractivity contribution in [1.29, 1.82) is 0 Å². The number of ether oxygens (including phenoxy) is 1. The van der Waals surface area contributed by atoms with Gasteiger partial charge in [-0.25, -0.2) is 4.79 Å². The van der Waals surface area contributed by atoms with Gasteiger partial charge < -0.3 is 15.3 Å². The van der Waals surface area contributed by atoms with Gasteiger partial charge in [0.2, 0.25) is 0 Å². The SMILES string of the molecule is CC(C)C[C@H](N)C(=O)NNOC(=O)c1ccc(-c2ccccc2OCc2ccccc2)s1. The number of para-hydroxylation sites is 1. The van der Waals surface area contributed by atoms with E-state index >= 15 is 0 Å². The Hall–Kier alpha value is -3.20. The third-order valence-electron chi connectivity index (χ3n) is 4.58. The number of nitrogens with two attached hydrogens (primary N) is 1. The summed E-state index contributed by atoms with van der Waals surface area (Å²) in [6, 6.07) is 20.4. The molecule has 0 aliphatic rings. The summed E-state index contributed by atoms with van der Waals surface area (Å²) >= 11 is 1.27. The lowest BCUT2D eigenvalue weighted by molar-refractivity contribution is -0.126. The largest absolute Gasteiger partial charge is 0.488 e. The number of carbonyl (C=O) groups is 2. The number of hydrogen-bond donors (Lipinski definition) is 3. The molecule has 7 nitrogen and oxygen atoms in total. The first-order valence-corrected chi connectivity index (χ1v) is 11.1. The Morgan fingerprint density at radius 2 is 1.72 bits per heavy atom. The van der Waals surface area contributed by atoms with Gasteiger partial charge in [-0.2, -0.15) is 0 Å². The van der Waals surface area contributed by atoms with E-state index in [-0.39, 0.29) is 5.92 Å². The molecule has 0 aliphatic carbocycles. The third kappa shape index (κ3) is 6.65. The Bertz CT molecular complexity index is 1040. The molecule has 1 heterocycles. The van der Waals surface area contributed by atoms with Crippen molar-refractivity contribution in [2.45, 2.75) is 32.9 Å². The molecule has 1 amide bonds. The highest BCUT2D eigenvalue weighted by Gasteiger charge is 2.17. The lowest BCUT2D eigenvalue weighted by Crippen LogP contribution is -2.48. The van der Waals surface area contributed by atoms with Crippen molar-refractivity contribution in [2.24, 2.45) is 11.7 Å². The fourth-order valence-corrected chi connectivity index (χ4v) is 3.92. The van der Waals surface area contributed by atoms with E-state index in [1.807, 2.05) is 74.5 Å². The van der Waals surface area contributed by atoms with Crippen LogP contribution in [0.1, 0.15) is 35.5 Å². The molecule has 2 aromatic carbocycles. The highest BCUT2D eigenvalue weighted by molar-refractivity contribution is 7.17. The fourth-order valence-electron chi connectivity index (χ4n) is 3.00. The lowest BCUT2D eigenvalue weighted by Gasteiger charge is -2.14. The Morgan fingerprint density at radius 3 is 2.47 bits per heavy atom. The minimum Gasteiger partial charge on any atom is -0.488 e. The predicted octanol–water partition coefficient (Wildman–Crippen LogP) is 4.06. The van der Waals surface area contributed by atoms with Crippen molar-refractivity contribution in [3.63, 3.8) is 0 Å². The molecule has 0 fully saturated rings. The molecule has 168 valence electrons. The summed E-state index contributed by atoms with van der Waals surface area (Å²) in [5.74, 6) is -0.0467. The number of benzene rings is 2. The third-order valence-corrected chi connectivity index (χ3v) is 5.68. The van der Waals surface area contributed by atoms with E-state index in [1.165, 1.54) is 11.3 Å². The summed E-state index contributed by atoms with van der Waals surface area (Å²) in [7, 11) is 0. The summed E-state index contributed by atoms with van der Waals surface area (Å²) in [4.78, 5) is 30.4. The fraction of sp³-hybridized carbons (Fsp3) is 0.250. The Kier molecular flexibility index (Phi) is 8.38. The molecule has 3 rings (SSSR count). The molecule has 0 saturated carbocycles. The summed E-state index contributed by atoms with van der Waals surface area (Å²) < 4.78 is 6.01. The molecule has 1 atom stereocenters. The zero-order valence-corrected chi connectivity index (χ0v) is 18.9. The van der Waals surface area contributed by atoms with Gasteiger partial charge in [-0.15, -0.1) is 11.3 Å². The molecule has 4 N–H and O–H groups in total. The Balaban J connectivity index is 1.58. The molecule has 0 radical (unpaired) electrons. The number of hydrogen-bond acceptors (Lipinski definition) is 7. The van der Waals surface area contributed by atoms with Gasteiger partial charge in [-0.05, 0) is 42.2 Å². The number of rotatable bonds is 10. The Morgan fingerprint density at radius 1 is 1.00 bits per heavy atom. The average molecular weight is 454 g/mol. The van der Waals surface area contributed by atoms with Crippen molar-refractivity contribution < 1.29 is 19.2 Å². The van der Waals surface area contributed by atoms with Crippen LogP contribution in [0.4, 0.5) is 0 Å². The topological polar surface area (TPSA) is 103 Å². The molecule has 0 spiro atoms. The highest BCUT2D eigenvalue weighted by Crippen LogP contribution is 2.35. The molecular formula is C24H27N3O4S. The van der Waals surface area contributed by atoms with Crippen LogP contribution in [0.25, 0.3) is 10.4 Å². The molecule has 0 bridgehead atoms. The van der Waals surface area contributed by atoms with Gasteiger partial charge >= 0.3 is 5.97 Å². The maximum absolute atomic E-state index is 12.3. The monoisotopic (exact) mass is 453 g/mol. The second kappa shape index (κ2) is 11.4. The first kappa shape index (κ1) is 23.5. The zero-order chi connectivity index (χ0) is 22.9. The quantitative estimate of drug-likeness (QED) is 0.400. The molecule has 0 saturated heterocycles. The van der Waals surface area contributed by atoms with Crippen LogP contribution in [0.2, 0.25) is 0 Å². The number of thiophene rings is 1. The Labute approximate surface area is 191 Å². The van der Waals surface area contributed by atoms with Gasteiger partial charge in [0, 0.05) is 10.4 Å². The second-order valence-corrected chi connectivity index (χ2v) is 8.73. The van der Waals surface area contributed by atoms with Gasteiger partial charge in [0.15, 0.2) is 0 Å². The summed E-state index contributed by atoms with van der Waals surface area (Å²) in [5.41, 5.74) is 12.2.